The highest BCUT2D eigenvalue weighted by Crippen LogP contribution is 2.44. The highest BCUT2D eigenvalue weighted by atomic mass is 32.2. The molecule has 778 valence electrons. The minimum atomic E-state index is -3.78. The van der Waals surface area contributed by atoms with Crippen LogP contribution in [0.5, 0.6) is 0 Å². The number of ketones is 2. The summed E-state index contributed by atoms with van der Waals surface area (Å²) < 4.78 is 51.9. The van der Waals surface area contributed by atoms with Crippen molar-refractivity contribution in [2.75, 3.05) is 146 Å². The molecule has 4 saturated heterocycles. The Kier molecular flexibility index (Phi) is 33.1. The number of benzene rings is 5. The summed E-state index contributed by atoms with van der Waals surface area (Å²) in [6.07, 6.45) is 19.5. The summed E-state index contributed by atoms with van der Waals surface area (Å²) >= 11 is 8.68. The number of thiazole rings is 5. The Morgan fingerprint density at radius 1 is 0.353 bits per heavy atom. The van der Waals surface area contributed by atoms with Gasteiger partial charge in [-0.2, -0.15) is 0 Å². The first-order valence-corrected chi connectivity index (χ1v) is 57.7. The van der Waals surface area contributed by atoms with Gasteiger partial charge in [0.2, 0.25) is 49.8 Å². The maximum atomic E-state index is 11.6. The summed E-state index contributed by atoms with van der Waals surface area (Å²) in [4.78, 5) is 111. The summed E-state index contributed by atoms with van der Waals surface area (Å²) in [5.74, 6) is 2.90. The average Bonchev–Trinajstić information content (AvgIpc) is 1.62. The van der Waals surface area contributed by atoms with Crippen molar-refractivity contribution in [3.63, 3.8) is 0 Å². The molecule has 12 N–H and O–H groups in total. The third-order valence-electron chi connectivity index (χ3n) is 26.5. The number of piperazine rings is 3. The summed E-state index contributed by atoms with van der Waals surface area (Å²) in [5, 5.41) is 42.5. The number of carbonyl (C=O) groups excluding carboxylic acids is 2. The Hall–Kier alpha value is -12.6. The lowest BCUT2D eigenvalue weighted by atomic mass is 10.00. The van der Waals surface area contributed by atoms with Crippen LogP contribution >= 0.6 is 56.7 Å². The minimum Gasteiger partial charge on any atom is -0.379 e. The van der Waals surface area contributed by atoms with Crippen LogP contribution in [0.1, 0.15) is 117 Å². The predicted molar refractivity (Wildman–Crippen MR) is 590 cm³/mol. The highest BCUT2D eigenvalue weighted by Gasteiger charge is 2.32. The third kappa shape index (κ3) is 26.9. The SMILES string of the molecule is CC(=O)Cc1cccc(Nc2ncc3c(n2)-c2sc(CN(C)C)nc2CC3)c1.CC(=O)Cc1cccc(Nc2ncc3c(n2)-c2sc(CN4CCNCC4)nc2CC3)c1.Cc1cc(C)cc(Nc2ncc3c(n2)-c2sc(CN4CCNCC4)nc2CC3)c1.NS(=O)(=O)c1cccc(Nc2ncc3c(n2)-c2sc(CN4CCNCC4)nc2CC3)c1.NS(=O)(=O)c1cccc(Nc2ncc3c(n2)-c2sc(CN4CCOCC4)nc2CC3)c1. The fourth-order valence-corrected chi connectivity index (χ4v) is 26.4. The van der Waals surface area contributed by atoms with Gasteiger partial charge >= 0.3 is 0 Å². The van der Waals surface area contributed by atoms with Crippen molar-refractivity contribution in [3.8, 4) is 52.9 Å². The Labute approximate surface area is 891 Å². The van der Waals surface area contributed by atoms with Gasteiger partial charge in [0.1, 0.15) is 36.6 Å². The van der Waals surface area contributed by atoms with Crippen LogP contribution in [0.25, 0.3) is 52.9 Å². The lowest BCUT2D eigenvalue weighted by molar-refractivity contribution is -0.117. The first-order valence-electron chi connectivity index (χ1n) is 50.5. The quantitative estimate of drug-likeness (QED) is 0.0241. The molecule has 14 heterocycles. The molecule has 0 saturated carbocycles. The van der Waals surface area contributed by atoms with Crippen molar-refractivity contribution in [1.29, 1.82) is 0 Å². The maximum absolute atomic E-state index is 11.6. The molecule has 15 aromatic rings. The molecular formula is C106H120N30O7S7. The van der Waals surface area contributed by atoms with Crippen LogP contribution in [0.3, 0.4) is 0 Å². The number of hydrogen-bond donors (Lipinski definition) is 10. The molecule has 5 aliphatic carbocycles. The number of sulfonamides is 2. The molecule has 0 radical (unpaired) electrons. The summed E-state index contributed by atoms with van der Waals surface area (Å²) in [5.41, 5.74) is 24.6. The Balaban J connectivity index is 0.000000113. The van der Waals surface area contributed by atoms with Crippen molar-refractivity contribution in [3.05, 3.63) is 250 Å². The van der Waals surface area contributed by atoms with Crippen molar-refractivity contribution in [2.45, 2.75) is 147 Å². The van der Waals surface area contributed by atoms with Gasteiger partial charge in [0.05, 0.1) is 131 Å². The molecule has 5 aromatic carbocycles. The average molecular weight is 2150 g/mol. The number of anilines is 10. The van der Waals surface area contributed by atoms with E-state index in [1.165, 1.54) is 77.5 Å². The number of aryl methyl sites for hydroxylation is 12. The van der Waals surface area contributed by atoms with Crippen LogP contribution < -0.4 is 52.8 Å². The number of Topliss-reactive ketones (excluding diaryl/α,β-unsaturated/α-hetero) is 2. The number of nitrogens with zero attached hydrogens (tertiary/aromatic N) is 20. The van der Waals surface area contributed by atoms with E-state index in [0.29, 0.717) is 54.0 Å². The number of nitrogens with one attached hydrogen (secondary N) is 8. The first kappa shape index (κ1) is 105. The van der Waals surface area contributed by atoms with Crippen LogP contribution in [0.15, 0.2) is 156 Å². The number of aromatic nitrogens is 15. The van der Waals surface area contributed by atoms with E-state index in [1.807, 2.05) is 79.5 Å². The second kappa shape index (κ2) is 47.6. The first-order chi connectivity index (χ1) is 72.7. The molecule has 0 amide bonds. The lowest BCUT2D eigenvalue weighted by Gasteiger charge is -2.26. The monoisotopic (exact) mass is 2150 g/mol. The van der Waals surface area contributed by atoms with Crippen molar-refractivity contribution < 1.29 is 31.2 Å². The van der Waals surface area contributed by atoms with Crippen molar-refractivity contribution in [2.24, 2.45) is 10.3 Å². The molecule has 44 heteroatoms. The molecule has 9 aliphatic rings. The van der Waals surface area contributed by atoms with E-state index in [-0.39, 0.29) is 21.4 Å². The van der Waals surface area contributed by atoms with Crippen LogP contribution in [0, 0.1) is 13.8 Å². The number of ether oxygens (including phenoxy) is 1. The van der Waals surface area contributed by atoms with Gasteiger partial charge in [0.25, 0.3) is 0 Å². The Morgan fingerprint density at radius 3 is 0.920 bits per heavy atom. The van der Waals surface area contributed by atoms with E-state index >= 15 is 0 Å². The number of nitrogens with two attached hydrogens (primary N) is 2. The summed E-state index contributed by atoms with van der Waals surface area (Å²) in [6.45, 7) is 27.8. The topological polar surface area (TPSA) is 469 Å². The molecular weight excluding hydrogens is 2030 g/mol. The number of morpholine rings is 1. The number of fused-ring (bicyclic) bond motifs is 15. The van der Waals surface area contributed by atoms with Gasteiger partial charge in [-0.1, -0.05) is 42.5 Å². The number of hydrogen-bond acceptors (Lipinski definition) is 40. The van der Waals surface area contributed by atoms with Gasteiger partial charge < -0.3 is 52.2 Å². The molecule has 24 rings (SSSR count). The van der Waals surface area contributed by atoms with Gasteiger partial charge in [-0.05, 0) is 229 Å². The van der Waals surface area contributed by atoms with E-state index in [1.54, 1.807) is 94.8 Å². The Morgan fingerprint density at radius 2 is 0.627 bits per heavy atom. The largest absolute Gasteiger partial charge is 0.379 e. The normalized spacial score (nSPS) is 15.6. The Bertz CT molecular complexity index is 7470. The van der Waals surface area contributed by atoms with Crippen LogP contribution in [0.2, 0.25) is 0 Å². The standard InChI is InChI=1S/C23H26N6OS.C22H26N6S.C21H23N5OS.C20H23N7O2S2.C20H22N6O3S2/c1-15(30)11-16-3-2-4-18(12-16)26-23-25-13-17-5-6-19-22(21(17)28-23)31-20(27-19)14-29-9-7-24-8-10-29;1-14-9-15(2)11-17(10-14)25-22-24-12-16-3-4-18-21(20(16)27-22)29-19(26-18)13-28-7-5-23-6-8-28;1-13(27)9-14-5-4-6-16(10-14)23-21-22-11-15-7-8-17-20(19(15)25-21)28-18(24-17)12-26(2)3;21-31(28,29)15-3-1-2-14(10-15)24-20-23-11-13-4-5-16-19(18(13)26-20)30-17(25-16)12-27-8-6-22-7-9-27;21-31(27,28)15-3-1-2-14(10-15)23-20-22-11-13-4-5-16-19(18(13)25-20)30-17(24-16)12-26-6-8-29-9-7-26/h2-4,12-13,24H,5-11,14H2,1H3,(H,25,26,28);9-12,23H,3-8,13H2,1-2H3,(H,24,25,27);4-6,10-11H,7-9,12H2,1-3H3,(H,22,23,25);1-3,10-11,22H,4-9,12H2,(H2,21,28,29)(H,23,24,26);1-3,10-11H,4-9,12H2,(H2,21,27,28)(H,22,23,25). The van der Waals surface area contributed by atoms with Gasteiger partial charge in [-0.15, -0.1) is 56.7 Å². The zero-order valence-electron chi connectivity index (χ0n) is 84.5. The predicted octanol–water partition coefficient (Wildman–Crippen LogP) is 13.5. The number of carbonyl (C=O) groups is 2. The number of rotatable bonds is 26. The van der Waals surface area contributed by atoms with Crippen LogP contribution in [0.4, 0.5) is 58.2 Å². The van der Waals surface area contributed by atoms with Crippen LogP contribution in [-0.2, 0) is 144 Å². The smallest absolute Gasteiger partial charge is 0.238 e. The molecule has 4 fully saturated rings. The zero-order chi connectivity index (χ0) is 104. The summed E-state index contributed by atoms with van der Waals surface area (Å²) in [6, 6.07) is 34.7. The van der Waals surface area contributed by atoms with E-state index in [0.717, 1.165) is 322 Å². The van der Waals surface area contributed by atoms with Gasteiger partial charge in [-0.3, -0.25) is 29.2 Å². The van der Waals surface area contributed by atoms with E-state index in [4.69, 9.17) is 64.9 Å². The fourth-order valence-electron chi connectivity index (χ4n) is 19.3. The fraction of sp³-hybridized carbons (Fsp3) is 0.368. The van der Waals surface area contributed by atoms with E-state index < -0.39 is 20.0 Å². The zero-order valence-corrected chi connectivity index (χ0v) is 90.2. The van der Waals surface area contributed by atoms with Gasteiger partial charge in [-0.25, -0.2) is 102 Å². The molecule has 0 bridgehead atoms. The molecule has 150 heavy (non-hydrogen) atoms. The number of primary sulfonamides is 2. The van der Waals surface area contributed by atoms with Gasteiger partial charge in [0.15, 0.2) is 0 Å². The third-order valence-corrected chi connectivity index (χ3v) is 33.7. The summed E-state index contributed by atoms with van der Waals surface area (Å²) in [7, 11) is -3.45. The van der Waals surface area contributed by atoms with Gasteiger partial charge in [0, 0.05) is 170 Å². The second-order valence-electron chi connectivity index (χ2n) is 38.8. The molecule has 4 aliphatic heterocycles. The van der Waals surface area contributed by atoms with Crippen molar-refractivity contribution >= 4 is 146 Å². The highest BCUT2D eigenvalue weighted by molar-refractivity contribution is 7.89. The lowest BCUT2D eigenvalue weighted by Crippen LogP contribution is -2.42. The van der Waals surface area contributed by atoms with Crippen LogP contribution in [-0.4, -0.2) is 247 Å². The molecule has 0 unspecified atom stereocenters. The van der Waals surface area contributed by atoms with E-state index in [9.17, 15) is 26.4 Å². The molecule has 37 nitrogen and oxygen atoms in total. The minimum absolute atomic E-state index is 0.0351. The van der Waals surface area contributed by atoms with Crippen molar-refractivity contribution in [1.82, 2.24) is 115 Å². The molecule has 0 atom stereocenters. The second-order valence-corrected chi connectivity index (χ2v) is 47.3. The maximum Gasteiger partial charge on any atom is 0.238 e. The van der Waals surface area contributed by atoms with E-state index in [2.05, 4.69) is 138 Å². The molecule has 0 spiro atoms. The molecule has 10 aromatic heterocycles.